The summed E-state index contributed by atoms with van der Waals surface area (Å²) in [6, 6.07) is 6.99. The maximum Gasteiger partial charge on any atom is 0.251 e. The van der Waals surface area contributed by atoms with Crippen LogP contribution in [-0.4, -0.2) is 33.9 Å². The second-order valence-corrected chi connectivity index (χ2v) is 6.83. The minimum atomic E-state index is -0.323. The first kappa shape index (κ1) is 18.6. The predicted molar refractivity (Wildman–Crippen MR) is 97.1 cm³/mol. The third-order valence-electron chi connectivity index (χ3n) is 3.44. The summed E-state index contributed by atoms with van der Waals surface area (Å²) >= 11 is 0. The molecule has 1 heterocycles. The van der Waals surface area contributed by atoms with Gasteiger partial charge in [-0.3, -0.25) is 9.59 Å². The molecule has 132 valence electrons. The first-order valence-electron chi connectivity index (χ1n) is 8.29. The van der Waals surface area contributed by atoms with Gasteiger partial charge in [-0.05, 0) is 44.9 Å². The van der Waals surface area contributed by atoms with Crippen LogP contribution < -0.4 is 10.6 Å². The largest absolute Gasteiger partial charge is 0.350 e. The predicted octanol–water partition coefficient (Wildman–Crippen LogP) is 2.35. The van der Waals surface area contributed by atoms with Crippen LogP contribution in [-0.2, 0) is 11.2 Å². The monoisotopic (exact) mass is 340 g/mol. The number of nitrogens with one attached hydrogen (secondary N) is 2. The second kappa shape index (κ2) is 7.88. The maximum absolute atomic E-state index is 12.1. The molecule has 6 heteroatoms. The van der Waals surface area contributed by atoms with Gasteiger partial charge < -0.3 is 10.6 Å². The van der Waals surface area contributed by atoms with Gasteiger partial charge in [-0.25, -0.2) is 9.97 Å². The van der Waals surface area contributed by atoms with Crippen molar-refractivity contribution >= 4 is 11.8 Å². The molecule has 0 aliphatic rings. The number of carbonyl (C=O) groups excluding carboxylic acids is 2. The van der Waals surface area contributed by atoms with Crippen LogP contribution in [0.1, 0.15) is 43.6 Å². The molecule has 6 nitrogen and oxygen atoms in total. The number of carbonyl (C=O) groups is 2. The van der Waals surface area contributed by atoms with Crippen LogP contribution in [0.2, 0.25) is 0 Å². The smallest absolute Gasteiger partial charge is 0.251 e. The highest BCUT2D eigenvalue weighted by molar-refractivity contribution is 5.96. The van der Waals surface area contributed by atoms with Crippen molar-refractivity contribution in [2.75, 3.05) is 6.54 Å². The summed E-state index contributed by atoms with van der Waals surface area (Å²) < 4.78 is 0. The van der Waals surface area contributed by atoms with Crippen molar-refractivity contribution in [3.05, 3.63) is 47.8 Å². The summed E-state index contributed by atoms with van der Waals surface area (Å²) in [5, 5.41) is 5.41. The fraction of sp³-hybridized carbons (Fsp3) is 0.368. The number of aromatic nitrogens is 2. The molecule has 0 bridgehead atoms. The zero-order valence-corrected chi connectivity index (χ0v) is 15.1. The van der Waals surface area contributed by atoms with Crippen molar-refractivity contribution < 1.29 is 9.59 Å². The van der Waals surface area contributed by atoms with Gasteiger partial charge in [-0.2, -0.15) is 0 Å². The average molecular weight is 340 g/mol. The van der Waals surface area contributed by atoms with Gasteiger partial charge in [0.05, 0.1) is 6.54 Å². The lowest BCUT2D eigenvalue weighted by Crippen LogP contribution is -2.45. The van der Waals surface area contributed by atoms with Gasteiger partial charge >= 0.3 is 0 Å². The first-order valence-corrected chi connectivity index (χ1v) is 8.29. The maximum atomic E-state index is 12.1. The van der Waals surface area contributed by atoms with Crippen molar-refractivity contribution in [3.63, 3.8) is 0 Å². The molecule has 0 aliphatic carbocycles. The van der Waals surface area contributed by atoms with Crippen LogP contribution in [0, 0.1) is 0 Å². The molecular weight excluding hydrogens is 316 g/mol. The Bertz CT molecular complexity index is 732. The van der Waals surface area contributed by atoms with Gasteiger partial charge in [0.2, 0.25) is 5.91 Å². The molecule has 1 aromatic heterocycles. The molecule has 0 fully saturated rings. The van der Waals surface area contributed by atoms with E-state index in [4.69, 9.17) is 0 Å². The van der Waals surface area contributed by atoms with E-state index in [1.807, 2.05) is 27.7 Å². The molecule has 0 unspecified atom stereocenters. The van der Waals surface area contributed by atoms with Gasteiger partial charge in [0, 0.05) is 29.1 Å². The molecule has 2 N–H and O–H groups in total. The number of hydrogen-bond donors (Lipinski definition) is 2. The summed E-state index contributed by atoms with van der Waals surface area (Å²) in [5.74, 6) is 0.105. The number of rotatable bonds is 5. The van der Waals surface area contributed by atoms with Crippen LogP contribution in [0.3, 0.4) is 0 Å². The molecule has 1 aromatic carbocycles. The minimum absolute atomic E-state index is 0.0561. The van der Waals surface area contributed by atoms with Crippen LogP contribution in [0.4, 0.5) is 0 Å². The molecule has 0 atom stereocenters. The lowest BCUT2D eigenvalue weighted by molar-refractivity contribution is -0.121. The molecule has 0 aliphatic heterocycles. The van der Waals surface area contributed by atoms with E-state index in [-0.39, 0.29) is 23.9 Å². The molecule has 0 spiro atoms. The summed E-state index contributed by atoms with van der Waals surface area (Å²) in [4.78, 5) is 32.5. The fourth-order valence-electron chi connectivity index (χ4n) is 2.18. The Morgan fingerprint density at radius 2 is 1.64 bits per heavy atom. The quantitative estimate of drug-likeness (QED) is 0.875. The fourth-order valence-corrected chi connectivity index (χ4v) is 2.18. The third kappa shape index (κ3) is 5.67. The number of hydrogen-bond acceptors (Lipinski definition) is 4. The van der Waals surface area contributed by atoms with Crippen molar-refractivity contribution in [2.45, 2.75) is 39.7 Å². The molecule has 2 amide bonds. The van der Waals surface area contributed by atoms with Gasteiger partial charge in [-0.15, -0.1) is 0 Å². The molecule has 0 saturated carbocycles. The first-order chi connectivity index (χ1) is 11.8. The summed E-state index contributed by atoms with van der Waals surface area (Å²) in [5.41, 5.74) is 2.08. The van der Waals surface area contributed by atoms with Crippen LogP contribution in [0.5, 0.6) is 0 Å². The number of amides is 2. The Morgan fingerprint density at radius 3 is 2.16 bits per heavy atom. The molecule has 25 heavy (non-hydrogen) atoms. The summed E-state index contributed by atoms with van der Waals surface area (Å²) in [7, 11) is 0. The Morgan fingerprint density at radius 1 is 1.04 bits per heavy atom. The normalized spacial score (nSPS) is 11.0. The molecule has 0 radical (unpaired) electrons. The number of benzene rings is 1. The van der Waals surface area contributed by atoms with Gasteiger partial charge in [0.1, 0.15) is 0 Å². The molecule has 2 aromatic rings. The van der Waals surface area contributed by atoms with Crippen molar-refractivity contribution in [1.29, 1.82) is 0 Å². The highest BCUT2D eigenvalue weighted by atomic mass is 16.2. The van der Waals surface area contributed by atoms with Gasteiger partial charge in [0.25, 0.3) is 5.91 Å². The molecular formula is C19H24N4O2. The Hall–Kier alpha value is -2.76. The highest BCUT2D eigenvalue weighted by Crippen LogP contribution is 2.15. The van der Waals surface area contributed by atoms with E-state index in [2.05, 4.69) is 20.6 Å². The molecule has 0 saturated heterocycles. The summed E-state index contributed by atoms with van der Waals surface area (Å²) in [6.45, 7) is 7.66. The SMILES string of the molecule is CCc1cnc(-c2ccc(C(=O)NCC(=O)NC(C)(C)C)cc2)nc1. The van der Waals surface area contributed by atoms with E-state index >= 15 is 0 Å². The van der Waals surface area contributed by atoms with Crippen molar-refractivity contribution in [3.8, 4) is 11.4 Å². The minimum Gasteiger partial charge on any atom is -0.350 e. The van der Waals surface area contributed by atoms with Crippen molar-refractivity contribution in [1.82, 2.24) is 20.6 Å². The Balaban J connectivity index is 1.96. The van der Waals surface area contributed by atoms with Crippen LogP contribution in [0.25, 0.3) is 11.4 Å². The van der Waals surface area contributed by atoms with Gasteiger partial charge in [0.15, 0.2) is 5.82 Å². The molecule has 2 rings (SSSR count). The van der Waals surface area contributed by atoms with E-state index in [9.17, 15) is 9.59 Å². The Kier molecular flexibility index (Phi) is 5.85. The third-order valence-corrected chi connectivity index (χ3v) is 3.44. The highest BCUT2D eigenvalue weighted by Gasteiger charge is 2.14. The average Bonchev–Trinajstić information content (AvgIpc) is 2.58. The van der Waals surface area contributed by atoms with E-state index < -0.39 is 0 Å². The second-order valence-electron chi connectivity index (χ2n) is 6.83. The van der Waals surface area contributed by atoms with Crippen LogP contribution in [0.15, 0.2) is 36.7 Å². The van der Waals surface area contributed by atoms with E-state index in [1.165, 1.54) is 0 Å². The number of nitrogens with zero attached hydrogens (tertiary/aromatic N) is 2. The zero-order chi connectivity index (χ0) is 18.4. The van der Waals surface area contributed by atoms with E-state index in [0.717, 1.165) is 17.5 Å². The van der Waals surface area contributed by atoms with Crippen molar-refractivity contribution in [2.24, 2.45) is 0 Å². The van der Waals surface area contributed by atoms with E-state index in [1.54, 1.807) is 36.7 Å². The van der Waals surface area contributed by atoms with Crippen LogP contribution >= 0.6 is 0 Å². The standard InChI is InChI=1S/C19H24N4O2/c1-5-13-10-20-17(21-11-13)14-6-8-15(9-7-14)18(25)22-12-16(24)23-19(2,3)4/h6-11H,5,12H2,1-4H3,(H,22,25)(H,23,24). The van der Waals surface area contributed by atoms with Gasteiger partial charge in [-0.1, -0.05) is 19.1 Å². The number of aryl methyl sites for hydroxylation is 1. The topological polar surface area (TPSA) is 84.0 Å². The zero-order valence-electron chi connectivity index (χ0n) is 15.1. The lowest BCUT2D eigenvalue weighted by Gasteiger charge is -2.20. The lowest BCUT2D eigenvalue weighted by atomic mass is 10.1. The Labute approximate surface area is 148 Å². The summed E-state index contributed by atoms with van der Waals surface area (Å²) in [6.07, 6.45) is 4.50. The van der Waals surface area contributed by atoms with E-state index in [0.29, 0.717) is 11.4 Å².